The van der Waals surface area contributed by atoms with Gasteiger partial charge in [0.2, 0.25) is 5.88 Å². The number of aromatic hydroxyl groups is 1. The Bertz CT molecular complexity index is 657. The molecule has 0 fully saturated rings. The minimum atomic E-state index is -0.190. The van der Waals surface area contributed by atoms with Crippen molar-refractivity contribution in [3.63, 3.8) is 0 Å². The second-order valence-corrected chi connectivity index (χ2v) is 4.91. The second-order valence-electron chi connectivity index (χ2n) is 4.48. The predicted molar refractivity (Wildman–Crippen MR) is 69.6 cm³/mol. The summed E-state index contributed by atoms with van der Waals surface area (Å²) in [5, 5.41) is 10.7. The minimum absolute atomic E-state index is 0.0435. The van der Waals surface area contributed by atoms with Crippen molar-refractivity contribution in [3.8, 4) is 11.6 Å². The molecule has 1 N–H and O–H groups in total. The molecule has 4 nitrogen and oxygen atoms in total. The van der Waals surface area contributed by atoms with Crippen LogP contribution in [0.25, 0.3) is 5.69 Å². The van der Waals surface area contributed by atoms with Crippen LogP contribution < -0.4 is 5.69 Å². The summed E-state index contributed by atoms with van der Waals surface area (Å²) in [4.78, 5) is 12.3. The molecule has 94 valence electrons. The monoisotopic (exact) mass is 264 g/mol. The average Bonchev–Trinajstić information content (AvgIpc) is 2.63. The largest absolute Gasteiger partial charge is 0.493 e. The Balaban J connectivity index is 2.24. The van der Waals surface area contributed by atoms with Gasteiger partial charge in [-0.25, -0.2) is 9.36 Å². The average molecular weight is 265 g/mol. The van der Waals surface area contributed by atoms with Crippen LogP contribution in [0.3, 0.4) is 0 Å². The molecule has 1 aliphatic heterocycles. The Morgan fingerprint density at radius 3 is 2.83 bits per heavy atom. The van der Waals surface area contributed by atoms with Crippen molar-refractivity contribution in [1.82, 2.24) is 9.13 Å². The van der Waals surface area contributed by atoms with Crippen LogP contribution in [0, 0.1) is 0 Å². The summed E-state index contributed by atoms with van der Waals surface area (Å²) in [6, 6.07) is 6.94. The van der Waals surface area contributed by atoms with E-state index in [2.05, 4.69) is 0 Å². The van der Waals surface area contributed by atoms with Gasteiger partial charge in [-0.3, -0.25) is 4.57 Å². The third-order valence-electron chi connectivity index (χ3n) is 3.33. The Morgan fingerprint density at radius 2 is 2.11 bits per heavy atom. The van der Waals surface area contributed by atoms with Crippen molar-refractivity contribution in [1.29, 1.82) is 0 Å². The van der Waals surface area contributed by atoms with E-state index in [4.69, 9.17) is 11.6 Å². The van der Waals surface area contributed by atoms with Gasteiger partial charge in [0.05, 0.1) is 11.4 Å². The predicted octanol–water partition coefficient (Wildman–Crippen LogP) is 2.33. The molecule has 2 aromatic rings. The SMILES string of the molecule is O=c1n2c(c(O)n1-c1cccc(Cl)c1)CCCC2. The Labute approximate surface area is 109 Å². The van der Waals surface area contributed by atoms with Crippen LogP contribution in [0.4, 0.5) is 0 Å². The van der Waals surface area contributed by atoms with Gasteiger partial charge < -0.3 is 5.11 Å². The zero-order valence-electron chi connectivity index (χ0n) is 9.77. The van der Waals surface area contributed by atoms with E-state index < -0.39 is 0 Å². The van der Waals surface area contributed by atoms with Gasteiger partial charge >= 0.3 is 5.69 Å². The molecule has 2 heterocycles. The van der Waals surface area contributed by atoms with E-state index >= 15 is 0 Å². The first-order chi connectivity index (χ1) is 8.68. The van der Waals surface area contributed by atoms with E-state index in [1.807, 2.05) is 0 Å². The molecule has 1 aromatic heterocycles. The van der Waals surface area contributed by atoms with Crippen molar-refractivity contribution >= 4 is 11.6 Å². The molecular weight excluding hydrogens is 252 g/mol. The third kappa shape index (κ3) is 1.64. The number of hydrogen-bond donors (Lipinski definition) is 1. The van der Waals surface area contributed by atoms with Crippen molar-refractivity contribution in [2.24, 2.45) is 0 Å². The molecule has 0 spiro atoms. The van der Waals surface area contributed by atoms with Crippen LogP contribution in [-0.4, -0.2) is 14.2 Å². The quantitative estimate of drug-likeness (QED) is 0.859. The molecule has 1 aromatic carbocycles. The van der Waals surface area contributed by atoms with Crippen LogP contribution >= 0.6 is 11.6 Å². The fourth-order valence-corrected chi connectivity index (χ4v) is 2.65. The molecule has 0 unspecified atom stereocenters. The second kappa shape index (κ2) is 4.21. The molecule has 0 aliphatic carbocycles. The highest BCUT2D eigenvalue weighted by Gasteiger charge is 2.22. The van der Waals surface area contributed by atoms with Crippen LogP contribution in [0.5, 0.6) is 5.88 Å². The van der Waals surface area contributed by atoms with Crippen LogP contribution in [0.2, 0.25) is 5.02 Å². The lowest BCUT2D eigenvalue weighted by Gasteiger charge is -2.11. The smallest absolute Gasteiger partial charge is 0.335 e. The van der Waals surface area contributed by atoms with Gasteiger partial charge in [-0.15, -0.1) is 0 Å². The van der Waals surface area contributed by atoms with E-state index in [1.54, 1.807) is 28.8 Å². The standard InChI is InChI=1S/C13H13ClN2O2/c14-9-4-3-5-10(8-9)16-12(17)11-6-1-2-7-15(11)13(16)18/h3-5,8,17H,1-2,6-7H2. The summed E-state index contributed by atoms with van der Waals surface area (Å²) < 4.78 is 2.98. The first kappa shape index (κ1) is 11.4. The van der Waals surface area contributed by atoms with Crippen LogP contribution in [-0.2, 0) is 13.0 Å². The number of nitrogens with zero attached hydrogens (tertiary/aromatic N) is 2. The van der Waals surface area contributed by atoms with Crippen molar-refractivity contribution < 1.29 is 5.11 Å². The number of fused-ring (bicyclic) bond motifs is 1. The van der Waals surface area contributed by atoms with E-state index in [1.165, 1.54) is 4.57 Å². The summed E-state index contributed by atoms with van der Waals surface area (Å²) >= 11 is 5.92. The van der Waals surface area contributed by atoms with E-state index in [-0.39, 0.29) is 11.6 Å². The van der Waals surface area contributed by atoms with Gasteiger partial charge in [0, 0.05) is 11.6 Å². The number of halogens is 1. The zero-order valence-corrected chi connectivity index (χ0v) is 10.5. The molecule has 0 radical (unpaired) electrons. The maximum atomic E-state index is 12.3. The van der Waals surface area contributed by atoms with E-state index in [9.17, 15) is 9.90 Å². The topological polar surface area (TPSA) is 47.2 Å². The summed E-state index contributed by atoms with van der Waals surface area (Å²) in [7, 11) is 0. The molecule has 0 saturated heterocycles. The summed E-state index contributed by atoms with van der Waals surface area (Å²) in [6.45, 7) is 0.676. The molecule has 18 heavy (non-hydrogen) atoms. The zero-order chi connectivity index (χ0) is 12.7. The highest BCUT2D eigenvalue weighted by atomic mass is 35.5. The third-order valence-corrected chi connectivity index (χ3v) is 3.56. The van der Waals surface area contributed by atoms with Crippen molar-refractivity contribution in [2.75, 3.05) is 0 Å². The fourth-order valence-electron chi connectivity index (χ4n) is 2.46. The molecule has 1 aliphatic rings. The van der Waals surface area contributed by atoms with Crippen LogP contribution in [0.1, 0.15) is 18.5 Å². The summed E-state index contributed by atoms with van der Waals surface area (Å²) in [6.07, 6.45) is 2.73. The number of imidazole rings is 1. The lowest BCUT2D eigenvalue weighted by molar-refractivity contribution is 0.426. The molecule has 5 heteroatoms. The molecule has 0 bridgehead atoms. The lowest BCUT2D eigenvalue weighted by atomic mass is 10.1. The highest BCUT2D eigenvalue weighted by Crippen LogP contribution is 2.26. The fraction of sp³-hybridized carbons (Fsp3) is 0.308. The van der Waals surface area contributed by atoms with E-state index in [0.29, 0.717) is 17.3 Å². The van der Waals surface area contributed by atoms with Gasteiger partial charge in [-0.1, -0.05) is 17.7 Å². The molecule has 0 atom stereocenters. The normalized spacial score (nSPS) is 14.5. The Hall–Kier alpha value is -1.68. The van der Waals surface area contributed by atoms with Crippen LogP contribution in [0.15, 0.2) is 29.1 Å². The highest BCUT2D eigenvalue weighted by molar-refractivity contribution is 6.30. The Kier molecular flexibility index (Phi) is 2.67. The minimum Gasteiger partial charge on any atom is -0.493 e. The molecule has 3 rings (SSSR count). The van der Waals surface area contributed by atoms with Gasteiger partial charge in [-0.2, -0.15) is 0 Å². The number of aromatic nitrogens is 2. The molecule has 0 saturated carbocycles. The maximum absolute atomic E-state index is 12.3. The van der Waals surface area contributed by atoms with Crippen molar-refractivity contribution in [2.45, 2.75) is 25.8 Å². The number of hydrogen-bond acceptors (Lipinski definition) is 2. The molecule has 0 amide bonds. The maximum Gasteiger partial charge on any atom is 0.335 e. The first-order valence-electron chi connectivity index (χ1n) is 5.98. The van der Waals surface area contributed by atoms with Gasteiger partial charge in [0.15, 0.2) is 0 Å². The summed E-state index contributed by atoms with van der Waals surface area (Å²) in [5.41, 5.74) is 1.14. The summed E-state index contributed by atoms with van der Waals surface area (Å²) in [5.74, 6) is 0.0435. The number of benzene rings is 1. The number of rotatable bonds is 1. The lowest BCUT2D eigenvalue weighted by Crippen LogP contribution is -2.25. The van der Waals surface area contributed by atoms with E-state index in [0.717, 1.165) is 25.0 Å². The van der Waals surface area contributed by atoms with Gasteiger partial charge in [-0.05, 0) is 37.5 Å². The van der Waals surface area contributed by atoms with Gasteiger partial charge in [0.1, 0.15) is 0 Å². The Morgan fingerprint density at radius 1 is 1.28 bits per heavy atom. The first-order valence-corrected chi connectivity index (χ1v) is 6.35. The van der Waals surface area contributed by atoms with Crippen molar-refractivity contribution in [3.05, 3.63) is 45.5 Å². The van der Waals surface area contributed by atoms with Gasteiger partial charge in [0.25, 0.3) is 0 Å². The molecular formula is C13H13ClN2O2.